The zero-order chi connectivity index (χ0) is 12.1. The summed E-state index contributed by atoms with van der Waals surface area (Å²) >= 11 is 0. The van der Waals surface area contributed by atoms with Crippen LogP contribution in [0.25, 0.3) is 0 Å². The summed E-state index contributed by atoms with van der Waals surface area (Å²) in [4.78, 5) is 16.1. The lowest BCUT2D eigenvalue weighted by Crippen LogP contribution is -2.20. The maximum absolute atomic E-state index is 10.8. The number of rotatable bonds is 4. The Hall–Kier alpha value is -2.16. The Balaban J connectivity index is 3.05. The van der Waals surface area contributed by atoms with Crippen molar-refractivity contribution < 1.29 is 4.92 Å². The number of nitro groups is 1. The van der Waals surface area contributed by atoms with Gasteiger partial charge in [0.05, 0.1) is 17.4 Å². The largest absolute Gasteiger partial charge is 0.353 e. The molecule has 0 atom stereocenters. The van der Waals surface area contributed by atoms with Gasteiger partial charge >= 0.3 is 5.69 Å². The van der Waals surface area contributed by atoms with Crippen LogP contribution in [0.3, 0.4) is 0 Å². The minimum absolute atomic E-state index is 0.0361. The van der Waals surface area contributed by atoms with Gasteiger partial charge in [0, 0.05) is 25.4 Å². The predicted molar refractivity (Wildman–Crippen MR) is 59.1 cm³/mol. The third-order valence-electron chi connectivity index (χ3n) is 2.11. The number of pyridine rings is 1. The highest BCUT2D eigenvalue weighted by Gasteiger charge is 2.18. The van der Waals surface area contributed by atoms with Gasteiger partial charge < -0.3 is 4.90 Å². The molecule has 0 saturated heterocycles. The number of nitriles is 1. The molecular formula is C10H12N4O2. The summed E-state index contributed by atoms with van der Waals surface area (Å²) in [7, 11) is 1.69. The second kappa shape index (κ2) is 5.07. The molecule has 0 amide bonds. The van der Waals surface area contributed by atoms with Crippen LogP contribution in [0.4, 0.5) is 11.5 Å². The molecule has 0 radical (unpaired) electrons. The van der Waals surface area contributed by atoms with Gasteiger partial charge in [-0.05, 0) is 13.0 Å². The van der Waals surface area contributed by atoms with E-state index in [1.807, 2.05) is 6.07 Å². The van der Waals surface area contributed by atoms with Gasteiger partial charge in [0.15, 0.2) is 0 Å². The van der Waals surface area contributed by atoms with Crippen LogP contribution >= 0.6 is 0 Å². The van der Waals surface area contributed by atoms with Gasteiger partial charge in [0.25, 0.3) is 0 Å². The highest BCUT2D eigenvalue weighted by atomic mass is 16.6. The molecule has 0 spiro atoms. The first kappa shape index (κ1) is 11.9. The summed E-state index contributed by atoms with van der Waals surface area (Å²) in [6, 6.07) is 5.02. The first-order valence-electron chi connectivity index (χ1n) is 4.76. The van der Waals surface area contributed by atoms with E-state index < -0.39 is 4.92 Å². The van der Waals surface area contributed by atoms with Crippen molar-refractivity contribution in [3.63, 3.8) is 0 Å². The van der Waals surface area contributed by atoms with E-state index in [2.05, 4.69) is 4.98 Å². The molecule has 84 valence electrons. The molecule has 0 N–H and O–H groups in total. The van der Waals surface area contributed by atoms with Crippen molar-refractivity contribution in [1.82, 2.24) is 4.98 Å². The van der Waals surface area contributed by atoms with Crippen molar-refractivity contribution in [3.8, 4) is 6.07 Å². The van der Waals surface area contributed by atoms with Gasteiger partial charge in [-0.3, -0.25) is 10.1 Å². The second-order valence-corrected chi connectivity index (χ2v) is 3.38. The van der Waals surface area contributed by atoms with Gasteiger partial charge in [0.2, 0.25) is 5.82 Å². The van der Waals surface area contributed by atoms with Gasteiger partial charge in [-0.15, -0.1) is 0 Å². The zero-order valence-electron chi connectivity index (χ0n) is 9.17. The molecule has 1 aromatic rings. The molecule has 0 aliphatic carbocycles. The zero-order valence-corrected chi connectivity index (χ0v) is 9.17. The molecule has 6 nitrogen and oxygen atoms in total. The normalized spacial score (nSPS) is 9.56. The number of hydrogen-bond acceptors (Lipinski definition) is 5. The molecule has 1 aromatic heterocycles. The Bertz CT molecular complexity index is 439. The molecule has 0 fully saturated rings. The minimum Gasteiger partial charge on any atom is -0.353 e. The maximum atomic E-state index is 10.8. The number of aryl methyl sites for hydroxylation is 1. The molecule has 6 heteroatoms. The number of nitrogens with zero attached hydrogens (tertiary/aromatic N) is 4. The van der Waals surface area contributed by atoms with Crippen molar-refractivity contribution in [2.75, 3.05) is 18.5 Å². The molecule has 0 saturated carbocycles. The molecule has 1 rings (SSSR count). The van der Waals surface area contributed by atoms with E-state index in [-0.39, 0.29) is 5.69 Å². The highest BCUT2D eigenvalue weighted by Crippen LogP contribution is 2.24. The van der Waals surface area contributed by atoms with Crippen molar-refractivity contribution in [2.24, 2.45) is 0 Å². The van der Waals surface area contributed by atoms with Crippen LogP contribution in [0.1, 0.15) is 12.1 Å². The Morgan fingerprint density at radius 1 is 1.62 bits per heavy atom. The van der Waals surface area contributed by atoms with E-state index >= 15 is 0 Å². The van der Waals surface area contributed by atoms with E-state index in [0.29, 0.717) is 24.5 Å². The third-order valence-corrected chi connectivity index (χ3v) is 2.11. The summed E-state index contributed by atoms with van der Waals surface area (Å²) in [5.41, 5.74) is 0.676. The molecular weight excluding hydrogens is 208 g/mol. The molecule has 16 heavy (non-hydrogen) atoms. The maximum Gasteiger partial charge on any atom is 0.311 e. The lowest BCUT2D eigenvalue weighted by Gasteiger charge is -2.16. The first-order valence-corrected chi connectivity index (χ1v) is 4.76. The van der Waals surface area contributed by atoms with Gasteiger partial charge in [-0.25, -0.2) is 4.98 Å². The van der Waals surface area contributed by atoms with Crippen LogP contribution < -0.4 is 4.90 Å². The van der Waals surface area contributed by atoms with Crippen molar-refractivity contribution in [3.05, 3.63) is 27.9 Å². The fourth-order valence-corrected chi connectivity index (χ4v) is 1.28. The summed E-state index contributed by atoms with van der Waals surface area (Å²) in [6.07, 6.45) is 0.309. The van der Waals surface area contributed by atoms with Crippen LogP contribution in [0.2, 0.25) is 0 Å². The number of aromatic nitrogens is 1. The summed E-state index contributed by atoms with van der Waals surface area (Å²) in [5, 5.41) is 19.2. The number of anilines is 1. The monoisotopic (exact) mass is 220 g/mol. The highest BCUT2D eigenvalue weighted by molar-refractivity contribution is 5.57. The molecule has 0 bridgehead atoms. The predicted octanol–water partition coefficient (Wildman–Crippen LogP) is 1.65. The lowest BCUT2D eigenvalue weighted by atomic mass is 10.3. The average Bonchev–Trinajstić information content (AvgIpc) is 2.25. The molecule has 0 aliphatic heterocycles. The van der Waals surface area contributed by atoms with Crippen LogP contribution in [-0.4, -0.2) is 23.5 Å². The van der Waals surface area contributed by atoms with Crippen LogP contribution in [0.15, 0.2) is 12.1 Å². The molecule has 0 aromatic carbocycles. The van der Waals surface area contributed by atoms with Gasteiger partial charge in [0.1, 0.15) is 0 Å². The average molecular weight is 220 g/mol. The molecule has 0 aliphatic rings. The lowest BCUT2D eigenvalue weighted by molar-refractivity contribution is -0.384. The van der Waals surface area contributed by atoms with E-state index in [9.17, 15) is 10.1 Å². The Morgan fingerprint density at radius 2 is 2.31 bits per heavy atom. The summed E-state index contributed by atoms with van der Waals surface area (Å²) < 4.78 is 0. The summed E-state index contributed by atoms with van der Waals surface area (Å²) in [6.45, 7) is 2.19. The number of hydrogen-bond donors (Lipinski definition) is 0. The van der Waals surface area contributed by atoms with Crippen molar-refractivity contribution >= 4 is 11.5 Å². The van der Waals surface area contributed by atoms with E-state index in [1.165, 1.54) is 6.07 Å². The van der Waals surface area contributed by atoms with Crippen LogP contribution in [-0.2, 0) is 0 Å². The van der Waals surface area contributed by atoms with Crippen molar-refractivity contribution in [1.29, 1.82) is 5.26 Å². The Kier molecular flexibility index (Phi) is 3.78. The fraction of sp³-hybridized carbons (Fsp3) is 0.400. The van der Waals surface area contributed by atoms with Gasteiger partial charge in [-0.1, -0.05) is 0 Å². The molecule has 1 heterocycles. The topological polar surface area (TPSA) is 83.1 Å². The van der Waals surface area contributed by atoms with Gasteiger partial charge in [-0.2, -0.15) is 5.26 Å². The Labute approximate surface area is 93.3 Å². The molecule has 0 unspecified atom stereocenters. The van der Waals surface area contributed by atoms with Crippen molar-refractivity contribution in [2.45, 2.75) is 13.3 Å². The smallest absolute Gasteiger partial charge is 0.311 e. The SMILES string of the molecule is Cc1ccc([N+](=O)[O-])c(N(C)CCC#N)n1. The Morgan fingerprint density at radius 3 is 2.88 bits per heavy atom. The van der Waals surface area contributed by atoms with E-state index in [1.54, 1.807) is 24.9 Å². The van der Waals surface area contributed by atoms with Crippen LogP contribution in [0.5, 0.6) is 0 Å². The fourth-order valence-electron chi connectivity index (χ4n) is 1.28. The van der Waals surface area contributed by atoms with E-state index in [0.717, 1.165) is 0 Å². The third kappa shape index (κ3) is 2.67. The van der Waals surface area contributed by atoms with Crippen LogP contribution in [0, 0.1) is 28.4 Å². The standard InChI is InChI=1S/C10H12N4O2/c1-8-4-5-9(14(15)16)10(12-8)13(2)7-3-6-11/h4-5H,3,7H2,1-2H3. The second-order valence-electron chi connectivity index (χ2n) is 3.38. The van der Waals surface area contributed by atoms with E-state index in [4.69, 9.17) is 5.26 Å². The quantitative estimate of drug-likeness (QED) is 0.569. The first-order chi connectivity index (χ1) is 7.56. The minimum atomic E-state index is -0.468. The summed E-state index contributed by atoms with van der Waals surface area (Å²) in [5.74, 6) is 0.306.